The molecule has 0 amide bonds. The molecular formula is C31H45N5. The summed E-state index contributed by atoms with van der Waals surface area (Å²) in [5, 5.41) is 3.37. The van der Waals surface area contributed by atoms with Gasteiger partial charge < -0.3 is 5.32 Å². The van der Waals surface area contributed by atoms with Crippen LogP contribution in [0, 0.1) is 12.3 Å². The van der Waals surface area contributed by atoms with Crippen molar-refractivity contribution in [3.8, 4) is 22.6 Å². The Morgan fingerprint density at radius 1 is 0.861 bits per heavy atom. The first-order chi connectivity index (χ1) is 17.2. The van der Waals surface area contributed by atoms with E-state index in [4.69, 9.17) is 9.97 Å². The average molecular weight is 488 g/mol. The largest absolute Gasteiger partial charge is 0.354 e. The summed E-state index contributed by atoms with van der Waals surface area (Å²) < 4.78 is 2.13. The SMILES string of the molecule is CCC.CCC.CCc1ccn2c(-c3ccnc(NCC(C)(C)C)n3)c(-c3ccc(C)cc3)nc2c1. The third-order valence-electron chi connectivity index (χ3n) is 5.10. The first-order valence-electron chi connectivity index (χ1n) is 13.3. The van der Waals surface area contributed by atoms with Gasteiger partial charge in [-0.15, -0.1) is 0 Å². The van der Waals surface area contributed by atoms with Crippen molar-refractivity contribution >= 4 is 11.6 Å². The average Bonchev–Trinajstić information content (AvgIpc) is 3.22. The number of anilines is 1. The summed E-state index contributed by atoms with van der Waals surface area (Å²) in [5.74, 6) is 0.636. The molecule has 5 heteroatoms. The molecule has 3 aromatic heterocycles. The van der Waals surface area contributed by atoms with E-state index in [-0.39, 0.29) is 5.41 Å². The van der Waals surface area contributed by atoms with Crippen LogP contribution in [0.4, 0.5) is 5.95 Å². The van der Waals surface area contributed by atoms with Gasteiger partial charge in [0.05, 0.1) is 17.1 Å². The molecule has 0 atom stereocenters. The van der Waals surface area contributed by atoms with E-state index in [0.717, 1.165) is 41.3 Å². The fourth-order valence-electron chi connectivity index (χ4n) is 3.38. The third-order valence-corrected chi connectivity index (χ3v) is 5.10. The monoisotopic (exact) mass is 487 g/mol. The minimum Gasteiger partial charge on any atom is -0.354 e. The minimum absolute atomic E-state index is 0.145. The van der Waals surface area contributed by atoms with Crippen LogP contribution in [0.1, 0.15) is 79.4 Å². The fourth-order valence-corrected chi connectivity index (χ4v) is 3.38. The zero-order valence-electron chi connectivity index (χ0n) is 23.8. The van der Waals surface area contributed by atoms with Gasteiger partial charge in [-0.2, -0.15) is 0 Å². The minimum atomic E-state index is 0.145. The molecule has 194 valence electrons. The van der Waals surface area contributed by atoms with Crippen LogP contribution in [-0.4, -0.2) is 25.9 Å². The van der Waals surface area contributed by atoms with E-state index in [0.29, 0.717) is 5.95 Å². The Morgan fingerprint density at radius 3 is 2.08 bits per heavy atom. The van der Waals surface area contributed by atoms with Crippen LogP contribution in [0.3, 0.4) is 0 Å². The lowest BCUT2D eigenvalue weighted by Gasteiger charge is -2.18. The lowest BCUT2D eigenvalue weighted by Crippen LogP contribution is -2.20. The van der Waals surface area contributed by atoms with Crippen LogP contribution < -0.4 is 5.32 Å². The summed E-state index contributed by atoms with van der Waals surface area (Å²) in [7, 11) is 0. The number of nitrogens with one attached hydrogen (secondary N) is 1. The Hall–Kier alpha value is -3.21. The standard InChI is InChI=1S/C25H29N5.2C3H8/c1-6-18-12-14-30-21(15-18)29-22(19-9-7-17(2)8-10-19)23(30)20-11-13-26-24(28-20)27-16-25(3,4)5;2*1-3-2/h7-15H,6,16H2,1-5H3,(H,26,27,28);2*3H2,1-2H3. The second-order valence-corrected chi connectivity index (χ2v) is 10.4. The van der Waals surface area contributed by atoms with Crippen molar-refractivity contribution in [1.29, 1.82) is 0 Å². The second-order valence-electron chi connectivity index (χ2n) is 10.4. The van der Waals surface area contributed by atoms with Gasteiger partial charge in [0, 0.05) is 24.5 Å². The van der Waals surface area contributed by atoms with E-state index in [9.17, 15) is 0 Å². The molecule has 0 unspecified atom stereocenters. The number of pyridine rings is 1. The molecule has 5 nitrogen and oxygen atoms in total. The van der Waals surface area contributed by atoms with Crippen molar-refractivity contribution in [3.05, 3.63) is 66.0 Å². The van der Waals surface area contributed by atoms with Crippen LogP contribution in [0.5, 0.6) is 0 Å². The van der Waals surface area contributed by atoms with Crippen LogP contribution in [0.2, 0.25) is 0 Å². The van der Waals surface area contributed by atoms with Crippen LogP contribution in [0.25, 0.3) is 28.3 Å². The predicted molar refractivity (Wildman–Crippen MR) is 156 cm³/mol. The topological polar surface area (TPSA) is 55.1 Å². The third kappa shape index (κ3) is 8.18. The zero-order valence-corrected chi connectivity index (χ0v) is 23.8. The van der Waals surface area contributed by atoms with Gasteiger partial charge in [0.1, 0.15) is 5.65 Å². The van der Waals surface area contributed by atoms with E-state index in [1.165, 1.54) is 24.0 Å². The maximum atomic E-state index is 4.99. The van der Waals surface area contributed by atoms with Gasteiger partial charge in [-0.1, -0.05) is 98.1 Å². The van der Waals surface area contributed by atoms with Crippen molar-refractivity contribution in [1.82, 2.24) is 19.4 Å². The quantitative estimate of drug-likeness (QED) is 0.306. The molecule has 0 spiro atoms. The number of benzene rings is 1. The van der Waals surface area contributed by atoms with Gasteiger partial charge in [-0.3, -0.25) is 4.40 Å². The molecule has 0 aliphatic rings. The fraction of sp³-hybridized carbons (Fsp3) is 0.452. The lowest BCUT2D eigenvalue weighted by atomic mass is 9.97. The molecule has 36 heavy (non-hydrogen) atoms. The smallest absolute Gasteiger partial charge is 0.223 e. The van der Waals surface area contributed by atoms with Crippen LogP contribution >= 0.6 is 0 Å². The van der Waals surface area contributed by atoms with E-state index in [1.54, 1.807) is 0 Å². The van der Waals surface area contributed by atoms with Gasteiger partial charge in [-0.05, 0) is 42.5 Å². The highest BCUT2D eigenvalue weighted by Crippen LogP contribution is 2.32. The molecule has 4 aromatic rings. The summed E-state index contributed by atoms with van der Waals surface area (Å²) in [4.78, 5) is 14.2. The number of hydrogen-bond donors (Lipinski definition) is 1. The van der Waals surface area contributed by atoms with Gasteiger partial charge in [0.15, 0.2) is 0 Å². The van der Waals surface area contributed by atoms with Crippen molar-refractivity contribution in [2.45, 2.75) is 81.6 Å². The van der Waals surface area contributed by atoms with E-state index >= 15 is 0 Å². The highest BCUT2D eigenvalue weighted by atomic mass is 15.1. The van der Waals surface area contributed by atoms with Crippen molar-refractivity contribution in [3.63, 3.8) is 0 Å². The van der Waals surface area contributed by atoms with Crippen LogP contribution in [-0.2, 0) is 6.42 Å². The summed E-state index contributed by atoms with van der Waals surface area (Å²) in [5.41, 5.74) is 7.43. The molecule has 0 saturated heterocycles. The van der Waals surface area contributed by atoms with Gasteiger partial charge in [0.25, 0.3) is 0 Å². The Labute approximate surface area is 218 Å². The molecule has 1 aromatic carbocycles. The molecule has 4 rings (SSSR count). The number of imidazole rings is 1. The summed E-state index contributed by atoms with van der Waals surface area (Å²) in [6, 6.07) is 14.8. The van der Waals surface area contributed by atoms with Gasteiger partial charge in [-0.25, -0.2) is 15.0 Å². The first-order valence-corrected chi connectivity index (χ1v) is 13.3. The first kappa shape index (κ1) is 29.0. The highest BCUT2D eigenvalue weighted by molar-refractivity contribution is 5.81. The predicted octanol–water partition coefficient (Wildman–Crippen LogP) is 8.62. The molecule has 0 radical (unpaired) electrons. The molecule has 0 bridgehead atoms. The Morgan fingerprint density at radius 2 is 1.50 bits per heavy atom. The zero-order chi connectivity index (χ0) is 26.7. The van der Waals surface area contributed by atoms with E-state index in [1.807, 2.05) is 12.3 Å². The molecule has 0 fully saturated rings. The maximum Gasteiger partial charge on any atom is 0.223 e. The molecule has 0 saturated carbocycles. The Bertz CT molecular complexity index is 1200. The number of hydrogen-bond acceptors (Lipinski definition) is 4. The molecule has 0 aliphatic heterocycles. The maximum absolute atomic E-state index is 4.99. The molecule has 0 aliphatic carbocycles. The highest BCUT2D eigenvalue weighted by Gasteiger charge is 2.18. The molecular weight excluding hydrogens is 442 g/mol. The number of nitrogens with zero attached hydrogens (tertiary/aromatic N) is 4. The van der Waals surface area contributed by atoms with E-state index in [2.05, 4.69) is 120 Å². The number of rotatable bonds is 5. The molecule has 3 heterocycles. The van der Waals surface area contributed by atoms with Crippen LogP contribution in [0.15, 0.2) is 54.9 Å². The van der Waals surface area contributed by atoms with Crippen molar-refractivity contribution in [2.24, 2.45) is 5.41 Å². The Kier molecular flexibility index (Phi) is 11.1. The number of fused-ring (bicyclic) bond motifs is 1. The Balaban J connectivity index is 0.000000693. The van der Waals surface area contributed by atoms with Crippen molar-refractivity contribution in [2.75, 3.05) is 11.9 Å². The number of aromatic nitrogens is 4. The summed E-state index contributed by atoms with van der Waals surface area (Å²) in [6.45, 7) is 20.1. The van der Waals surface area contributed by atoms with Crippen molar-refractivity contribution < 1.29 is 0 Å². The normalized spacial score (nSPS) is 10.8. The molecule has 1 N–H and O–H groups in total. The van der Waals surface area contributed by atoms with Gasteiger partial charge >= 0.3 is 0 Å². The summed E-state index contributed by atoms with van der Waals surface area (Å²) in [6.07, 6.45) is 7.39. The van der Waals surface area contributed by atoms with E-state index < -0.39 is 0 Å². The number of aryl methyl sites for hydroxylation is 2. The lowest BCUT2D eigenvalue weighted by molar-refractivity contribution is 0.442. The summed E-state index contributed by atoms with van der Waals surface area (Å²) >= 11 is 0. The second kappa shape index (κ2) is 13.8. The van der Waals surface area contributed by atoms with Gasteiger partial charge in [0.2, 0.25) is 5.95 Å².